The summed E-state index contributed by atoms with van der Waals surface area (Å²) in [5.74, 6) is -1.86. The zero-order valence-electron chi connectivity index (χ0n) is 17.3. The number of nitrogens with zero attached hydrogens (tertiary/aromatic N) is 2. The molecule has 0 amide bonds. The molecule has 8 heteroatoms. The van der Waals surface area contributed by atoms with E-state index in [2.05, 4.69) is 15.9 Å². The average Bonchev–Trinajstić information content (AvgIpc) is 2.75. The third-order valence-electron chi connectivity index (χ3n) is 5.54. The molecular weight excluding hydrogens is 376 g/mol. The lowest BCUT2D eigenvalue weighted by atomic mass is 9.99. The van der Waals surface area contributed by atoms with Crippen LogP contribution in [-0.4, -0.2) is 78.4 Å². The van der Waals surface area contributed by atoms with E-state index in [1.165, 1.54) is 63.8 Å². The van der Waals surface area contributed by atoms with Gasteiger partial charge in [0.1, 0.15) is 11.5 Å². The van der Waals surface area contributed by atoms with E-state index in [1.807, 2.05) is 12.1 Å². The molecule has 1 aromatic carbocycles. The third kappa shape index (κ3) is 7.21. The highest BCUT2D eigenvalue weighted by atomic mass is 16.5. The van der Waals surface area contributed by atoms with Crippen molar-refractivity contribution in [3.05, 3.63) is 23.8 Å². The number of piperidine rings is 2. The molecular formula is C21H32N2O6. The van der Waals surface area contributed by atoms with Crippen LogP contribution in [-0.2, 0) is 16.1 Å². The van der Waals surface area contributed by atoms with Crippen LogP contribution in [0.3, 0.4) is 0 Å². The number of likely N-dealkylation sites (tertiary alicyclic amines) is 2. The van der Waals surface area contributed by atoms with Crippen LogP contribution in [0.1, 0.15) is 37.7 Å². The van der Waals surface area contributed by atoms with Crippen LogP contribution in [0.2, 0.25) is 0 Å². The lowest BCUT2D eigenvalue weighted by Gasteiger charge is -2.40. The Morgan fingerprint density at radius 3 is 2.10 bits per heavy atom. The lowest BCUT2D eigenvalue weighted by molar-refractivity contribution is -0.159. The van der Waals surface area contributed by atoms with Gasteiger partial charge < -0.3 is 24.6 Å². The van der Waals surface area contributed by atoms with Crippen molar-refractivity contribution in [1.29, 1.82) is 0 Å². The van der Waals surface area contributed by atoms with Gasteiger partial charge in [-0.2, -0.15) is 0 Å². The third-order valence-corrected chi connectivity index (χ3v) is 5.54. The van der Waals surface area contributed by atoms with Gasteiger partial charge in [0, 0.05) is 24.2 Å². The van der Waals surface area contributed by atoms with E-state index in [4.69, 9.17) is 29.3 Å². The molecule has 3 rings (SSSR count). The topological polar surface area (TPSA) is 99.5 Å². The molecule has 0 saturated carbocycles. The second kappa shape index (κ2) is 11.6. The number of ether oxygens (including phenoxy) is 2. The Kier molecular flexibility index (Phi) is 9.21. The number of carbonyl (C=O) groups is 2. The number of rotatable bonds is 5. The van der Waals surface area contributed by atoms with Gasteiger partial charge in [0.05, 0.1) is 14.2 Å². The molecule has 2 aliphatic heterocycles. The van der Waals surface area contributed by atoms with Crippen molar-refractivity contribution >= 4 is 11.9 Å². The minimum atomic E-state index is -1.82. The summed E-state index contributed by atoms with van der Waals surface area (Å²) < 4.78 is 10.8. The van der Waals surface area contributed by atoms with Gasteiger partial charge in [0.15, 0.2) is 0 Å². The van der Waals surface area contributed by atoms with Crippen LogP contribution in [0, 0.1) is 0 Å². The molecule has 0 radical (unpaired) electrons. The molecule has 29 heavy (non-hydrogen) atoms. The quantitative estimate of drug-likeness (QED) is 0.716. The number of benzene rings is 1. The van der Waals surface area contributed by atoms with E-state index in [1.54, 1.807) is 14.2 Å². The van der Waals surface area contributed by atoms with Crippen LogP contribution < -0.4 is 9.47 Å². The number of carboxylic acids is 2. The Labute approximate surface area is 172 Å². The van der Waals surface area contributed by atoms with Crippen molar-refractivity contribution in [2.45, 2.75) is 44.7 Å². The van der Waals surface area contributed by atoms with Gasteiger partial charge in [0.2, 0.25) is 0 Å². The van der Waals surface area contributed by atoms with E-state index in [0.717, 1.165) is 24.1 Å². The number of carboxylic acid groups (broad SMARTS) is 2. The van der Waals surface area contributed by atoms with Crippen LogP contribution >= 0.6 is 0 Å². The Balaban J connectivity index is 0.000000438. The first-order valence-electron chi connectivity index (χ1n) is 10.1. The molecule has 0 atom stereocenters. The fraction of sp³-hybridized carbons (Fsp3) is 0.619. The predicted octanol–water partition coefficient (Wildman–Crippen LogP) is 2.31. The van der Waals surface area contributed by atoms with E-state index < -0.39 is 11.9 Å². The summed E-state index contributed by atoms with van der Waals surface area (Å²) >= 11 is 0. The molecule has 0 unspecified atom stereocenters. The highest BCUT2D eigenvalue weighted by Gasteiger charge is 2.25. The Hall–Kier alpha value is -2.32. The zero-order chi connectivity index (χ0) is 21.2. The maximum absolute atomic E-state index is 9.10. The van der Waals surface area contributed by atoms with Crippen molar-refractivity contribution in [1.82, 2.24) is 9.80 Å². The SMILES string of the molecule is COc1ccc(CN2CCC(N3CCCCC3)CC2)c(OC)c1.O=C(O)C(=O)O. The Bertz CT molecular complexity index is 655. The van der Waals surface area contributed by atoms with Crippen molar-refractivity contribution in [3.63, 3.8) is 0 Å². The Morgan fingerprint density at radius 1 is 0.966 bits per heavy atom. The monoisotopic (exact) mass is 408 g/mol. The highest BCUT2D eigenvalue weighted by Crippen LogP contribution is 2.27. The summed E-state index contributed by atoms with van der Waals surface area (Å²) in [5.41, 5.74) is 1.25. The standard InChI is InChI=1S/C19H30N2O2.C2H2O4/c1-22-18-7-6-16(19(14-18)23-2)15-20-12-8-17(9-13-20)21-10-4-3-5-11-21;3-1(4)2(5)6/h6-7,14,17H,3-5,8-13,15H2,1-2H3;(H,3,4)(H,5,6). The summed E-state index contributed by atoms with van der Waals surface area (Å²) in [6.45, 7) is 5.99. The van der Waals surface area contributed by atoms with Gasteiger partial charge in [-0.1, -0.05) is 12.5 Å². The van der Waals surface area contributed by atoms with Gasteiger partial charge in [-0.3, -0.25) is 4.90 Å². The van der Waals surface area contributed by atoms with E-state index >= 15 is 0 Å². The lowest BCUT2D eigenvalue weighted by Crippen LogP contribution is -2.46. The molecule has 2 fully saturated rings. The first kappa shape index (κ1) is 23.0. The maximum Gasteiger partial charge on any atom is 0.414 e. The molecule has 0 aliphatic carbocycles. The second-order valence-corrected chi connectivity index (χ2v) is 7.39. The van der Waals surface area contributed by atoms with Crippen molar-refractivity contribution < 1.29 is 29.3 Å². The zero-order valence-corrected chi connectivity index (χ0v) is 17.3. The first-order valence-corrected chi connectivity index (χ1v) is 10.1. The predicted molar refractivity (Wildman–Crippen MR) is 109 cm³/mol. The smallest absolute Gasteiger partial charge is 0.414 e. The molecule has 8 nitrogen and oxygen atoms in total. The summed E-state index contributed by atoms with van der Waals surface area (Å²) in [6, 6.07) is 6.95. The van der Waals surface area contributed by atoms with Gasteiger partial charge >= 0.3 is 11.9 Å². The second-order valence-electron chi connectivity index (χ2n) is 7.39. The Morgan fingerprint density at radius 2 is 1.59 bits per heavy atom. The normalized spacial score (nSPS) is 18.4. The van der Waals surface area contributed by atoms with Crippen LogP contribution in [0.5, 0.6) is 11.5 Å². The maximum atomic E-state index is 9.10. The first-order chi connectivity index (χ1) is 13.9. The van der Waals surface area contributed by atoms with E-state index in [9.17, 15) is 0 Å². The van der Waals surface area contributed by atoms with E-state index in [-0.39, 0.29) is 0 Å². The minimum absolute atomic E-state index is 0.810. The summed E-state index contributed by atoms with van der Waals surface area (Å²) in [4.78, 5) is 23.5. The number of aliphatic carboxylic acids is 2. The summed E-state index contributed by atoms with van der Waals surface area (Å²) in [7, 11) is 3.43. The highest BCUT2D eigenvalue weighted by molar-refractivity contribution is 6.27. The number of hydrogen-bond acceptors (Lipinski definition) is 6. The van der Waals surface area contributed by atoms with Gasteiger partial charge in [-0.25, -0.2) is 9.59 Å². The number of methoxy groups -OCH3 is 2. The van der Waals surface area contributed by atoms with Crippen LogP contribution in [0.25, 0.3) is 0 Å². The molecule has 2 heterocycles. The summed E-state index contributed by atoms with van der Waals surface area (Å²) in [6.07, 6.45) is 6.82. The fourth-order valence-electron chi connectivity index (χ4n) is 3.95. The number of hydrogen-bond donors (Lipinski definition) is 2. The van der Waals surface area contributed by atoms with Gasteiger partial charge in [0.25, 0.3) is 0 Å². The van der Waals surface area contributed by atoms with Crippen LogP contribution in [0.4, 0.5) is 0 Å². The molecule has 0 spiro atoms. The van der Waals surface area contributed by atoms with Crippen LogP contribution in [0.15, 0.2) is 18.2 Å². The molecule has 0 bridgehead atoms. The van der Waals surface area contributed by atoms with Crippen molar-refractivity contribution in [2.24, 2.45) is 0 Å². The molecule has 2 aliphatic rings. The molecule has 1 aromatic rings. The van der Waals surface area contributed by atoms with E-state index in [0.29, 0.717) is 0 Å². The largest absolute Gasteiger partial charge is 0.497 e. The molecule has 162 valence electrons. The fourth-order valence-corrected chi connectivity index (χ4v) is 3.95. The average molecular weight is 408 g/mol. The van der Waals surface area contributed by atoms with Gasteiger partial charge in [-0.15, -0.1) is 0 Å². The van der Waals surface area contributed by atoms with Gasteiger partial charge in [-0.05, 0) is 57.9 Å². The molecule has 2 N–H and O–H groups in total. The van der Waals surface area contributed by atoms with Crippen molar-refractivity contribution in [2.75, 3.05) is 40.4 Å². The van der Waals surface area contributed by atoms with Crippen molar-refractivity contribution in [3.8, 4) is 11.5 Å². The summed E-state index contributed by atoms with van der Waals surface area (Å²) in [5, 5.41) is 14.8. The molecule has 0 aromatic heterocycles. The minimum Gasteiger partial charge on any atom is -0.497 e. The molecule has 2 saturated heterocycles.